The average Bonchev–Trinajstić information content (AvgIpc) is 3.19. The predicted octanol–water partition coefficient (Wildman–Crippen LogP) is 1.53. The molecule has 0 aliphatic heterocycles. The molecule has 0 radical (unpaired) electrons. The molecule has 2 aromatic rings. The van der Waals surface area contributed by atoms with Crippen LogP contribution < -0.4 is 20.5 Å². The van der Waals surface area contributed by atoms with Crippen LogP contribution in [0.25, 0.3) is 0 Å². The Morgan fingerprint density at radius 1 is 1.33 bits per heavy atom. The van der Waals surface area contributed by atoms with Crippen molar-refractivity contribution in [2.24, 2.45) is 5.14 Å². The molecule has 1 aromatic carbocycles. The molecule has 3 rings (SSSR count). The summed E-state index contributed by atoms with van der Waals surface area (Å²) in [5, 5.41) is 26.5. The number of amidine groups is 1. The zero-order chi connectivity index (χ0) is 19.6. The van der Waals surface area contributed by atoms with Crippen molar-refractivity contribution in [3.8, 4) is 0 Å². The van der Waals surface area contributed by atoms with Gasteiger partial charge in [-0.25, -0.2) is 14.2 Å². The van der Waals surface area contributed by atoms with Gasteiger partial charge < -0.3 is 10.6 Å². The summed E-state index contributed by atoms with van der Waals surface area (Å²) >= 11 is 3.08. The molecule has 13 heteroatoms. The van der Waals surface area contributed by atoms with Crippen LogP contribution in [0.3, 0.4) is 0 Å². The van der Waals surface area contributed by atoms with Crippen LogP contribution >= 0.6 is 15.9 Å². The SMILES string of the molecule is N=C(Nc1ccc(F)c(Br)c1)c1nonc1NC1CCC(NS(N)(=O)=O)C1. The largest absolute Gasteiger partial charge is 0.362 e. The monoisotopic (exact) mass is 461 g/mol. The van der Waals surface area contributed by atoms with Gasteiger partial charge in [-0.15, -0.1) is 0 Å². The Morgan fingerprint density at radius 2 is 2.07 bits per heavy atom. The third-order valence-corrected chi connectivity index (χ3v) is 5.29. The van der Waals surface area contributed by atoms with Crippen LogP contribution in [0, 0.1) is 11.2 Å². The van der Waals surface area contributed by atoms with Crippen LogP contribution in [-0.2, 0) is 10.2 Å². The second-order valence-corrected chi connectivity index (χ2v) is 8.28. The second-order valence-electron chi connectivity index (χ2n) is 6.10. The van der Waals surface area contributed by atoms with E-state index in [-0.39, 0.29) is 33.9 Å². The van der Waals surface area contributed by atoms with Gasteiger partial charge in [-0.2, -0.15) is 13.1 Å². The van der Waals surface area contributed by atoms with Gasteiger partial charge >= 0.3 is 0 Å². The highest BCUT2D eigenvalue weighted by Crippen LogP contribution is 2.25. The minimum atomic E-state index is -3.75. The number of hydrogen-bond acceptors (Lipinski definition) is 7. The van der Waals surface area contributed by atoms with Gasteiger partial charge in [-0.1, -0.05) is 0 Å². The van der Waals surface area contributed by atoms with E-state index in [9.17, 15) is 12.8 Å². The Labute approximate surface area is 162 Å². The van der Waals surface area contributed by atoms with Gasteiger partial charge in [0.05, 0.1) is 4.47 Å². The average molecular weight is 462 g/mol. The molecule has 1 heterocycles. The van der Waals surface area contributed by atoms with E-state index in [1.165, 1.54) is 18.2 Å². The van der Waals surface area contributed by atoms with Crippen LogP contribution in [0.15, 0.2) is 27.3 Å². The summed E-state index contributed by atoms with van der Waals surface area (Å²) in [6, 6.07) is 3.88. The Hall–Kier alpha value is -2.09. The van der Waals surface area contributed by atoms with Crippen molar-refractivity contribution in [3.05, 3.63) is 34.2 Å². The van der Waals surface area contributed by atoms with Gasteiger partial charge in [-0.05, 0) is 63.7 Å². The number of rotatable bonds is 6. The highest BCUT2D eigenvalue weighted by molar-refractivity contribution is 9.10. The minimum absolute atomic E-state index is 0.0809. The highest BCUT2D eigenvalue weighted by atomic mass is 79.9. The van der Waals surface area contributed by atoms with E-state index in [2.05, 4.69) is 41.6 Å². The second kappa shape index (κ2) is 7.88. The van der Waals surface area contributed by atoms with Crippen molar-refractivity contribution in [2.75, 3.05) is 10.6 Å². The van der Waals surface area contributed by atoms with Crippen molar-refractivity contribution in [1.29, 1.82) is 5.41 Å². The molecule has 1 fully saturated rings. The predicted molar refractivity (Wildman–Crippen MR) is 100 cm³/mol. The summed E-state index contributed by atoms with van der Waals surface area (Å²) in [6.45, 7) is 0. The molecule has 6 N–H and O–H groups in total. The van der Waals surface area contributed by atoms with Crippen molar-refractivity contribution in [2.45, 2.75) is 31.3 Å². The number of nitrogens with one attached hydrogen (secondary N) is 4. The lowest BCUT2D eigenvalue weighted by Crippen LogP contribution is -2.38. The number of nitrogens with zero attached hydrogens (tertiary/aromatic N) is 2. The van der Waals surface area contributed by atoms with Crippen molar-refractivity contribution in [3.63, 3.8) is 0 Å². The van der Waals surface area contributed by atoms with Crippen LogP contribution in [0.1, 0.15) is 25.0 Å². The highest BCUT2D eigenvalue weighted by Gasteiger charge is 2.29. The molecule has 146 valence electrons. The molecular formula is C14H17BrFN7O3S. The summed E-state index contributed by atoms with van der Waals surface area (Å²) in [5.41, 5.74) is 0.638. The number of hydrogen-bond donors (Lipinski definition) is 5. The Balaban J connectivity index is 1.64. The number of nitrogens with two attached hydrogens (primary N) is 1. The standard InChI is InChI=1S/C14H17BrFN7O3S/c15-10-6-8(3-4-11(10)16)19-13(17)12-14(22-26-21-12)20-7-1-2-9(5-7)23-27(18,24)25/h3-4,6-7,9,23H,1-2,5H2,(H2,17,19)(H,20,22)(H2,18,24,25). The molecule has 2 atom stereocenters. The summed E-state index contributed by atoms with van der Waals surface area (Å²) in [7, 11) is -3.75. The van der Waals surface area contributed by atoms with E-state index < -0.39 is 16.0 Å². The summed E-state index contributed by atoms with van der Waals surface area (Å²) in [5.74, 6) is -0.245. The van der Waals surface area contributed by atoms with Gasteiger partial charge in [-0.3, -0.25) is 5.41 Å². The lowest BCUT2D eigenvalue weighted by atomic mass is 10.2. The van der Waals surface area contributed by atoms with Crippen molar-refractivity contribution >= 4 is 43.5 Å². The Bertz CT molecular complexity index is 952. The minimum Gasteiger partial charge on any atom is -0.362 e. The first kappa shape index (κ1) is 19.7. The Morgan fingerprint density at radius 3 is 2.78 bits per heavy atom. The van der Waals surface area contributed by atoms with E-state index in [1.54, 1.807) is 0 Å². The van der Waals surface area contributed by atoms with Gasteiger partial charge in [0.15, 0.2) is 11.5 Å². The number of aromatic nitrogens is 2. The van der Waals surface area contributed by atoms with E-state index in [4.69, 9.17) is 15.2 Å². The molecule has 0 saturated heterocycles. The molecule has 1 aromatic heterocycles. The van der Waals surface area contributed by atoms with E-state index in [0.717, 1.165) is 0 Å². The van der Waals surface area contributed by atoms with Gasteiger partial charge in [0.1, 0.15) is 5.82 Å². The Kier molecular flexibility index (Phi) is 5.74. The van der Waals surface area contributed by atoms with Crippen LogP contribution in [0.5, 0.6) is 0 Å². The van der Waals surface area contributed by atoms with Crippen LogP contribution in [0.2, 0.25) is 0 Å². The first-order valence-electron chi connectivity index (χ1n) is 7.91. The fraction of sp³-hybridized carbons (Fsp3) is 0.357. The molecule has 10 nitrogen and oxygen atoms in total. The van der Waals surface area contributed by atoms with Gasteiger partial charge in [0.25, 0.3) is 10.2 Å². The molecule has 2 unspecified atom stereocenters. The quantitative estimate of drug-likeness (QED) is 0.322. The molecule has 1 saturated carbocycles. The zero-order valence-electron chi connectivity index (χ0n) is 13.9. The van der Waals surface area contributed by atoms with Gasteiger partial charge in [0, 0.05) is 17.8 Å². The lowest BCUT2D eigenvalue weighted by molar-refractivity contribution is 0.307. The number of benzene rings is 1. The maximum Gasteiger partial charge on any atom is 0.274 e. The first-order valence-corrected chi connectivity index (χ1v) is 10.3. The maximum atomic E-state index is 13.3. The summed E-state index contributed by atoms with van der Waals surface area (Å²) in [4.78, 5) is 0. The van der Waals surface area contributed by atoms with E-state index in [0.29, 0.717) is 24.9 Å². The molecule has 1 aliphatic rings. The third kappa shape index (κ3) is 5.22. The van der Waals surface area contributed by atoms with Crippen molar-refractivity contribution < 1.29 is 17.4 Å². The van der Waals surface area contributed by atoms with Crippen LogP contribution in [-0.4, -0.2) is 36.7 Å². The van der Waals surface area contributed by atoms with Crippen molar-refractivity contribution in [1.82, 2.24) is 15.0 Å². The molecule has 0 bridgehead atoms. The maximum absolute atomic E-state index is 13.3. The smallest absolute Gasteiger partial charge is 0.274 e. The first-order chi connectivity index (χ1) is 12.7. The molecule has 27 heavy (non-hydrogen) atoms. The normalized spacial score (nSPS) is 19.8. The molecular weight excluding hydrogens is 445 g/mol. The van der Waals surface area contributed by atoms with Gasteiger partial charge in [0.2, 0.25) is 5.82 Å². The zero-order valence-corrected chi connectivity index (χ0v) is 16.3. The third-order valence-electron chi connectivity index (χ3n) is 4.02. The number of halogens is 2. The molecule has 0 amide bonds. The lowest BCUT2D eigenvalue weighted by Gasteiger charge is -2.13. The fourth-order valence-electron chi connectivity index (χ4n) is 2.87. The van der Waals surface area contributed by atoms with E-state index in [1.807, 2.05) is 0 Å². The summed E-state index contributed by atoms with van der Waals surface area (Å²) in [6.07, 6.45) is 1.81. The molecule has 1 aliphatic carbocycles. The number of anilines is 2. The fourth-order valence-corrected chi connectivity index (χ4v) is 3.93. The van der Waals surface area contributed by atoms with E-state index >= 15 is 0 Å². The topological polar surface area (TPSA) is 159 Å². The summed E-state index contributed by atoms with van der Waals surface area (Å²) < 4.78 is 42.9. The van der Waals surface area contributed by atoms with Crippen LogP contribution in [0.4, 0.5) is 15.9 Å². The molecule has 0 spiro atoms.